The predicted octanol–water partition coefficient (Wildman–Crippen LogP) is 3.26. The number of carbonyl (C=O) groups is 2. The summed E-state index contributed by atoms with van der Waals surface area (Å²) in [6.07, 6.45) is 0. The van der Waals surface area contributed by atoms with Crippen LogP contribution in [0.4, 0.5) is 5.69 Å². The molecule has 0 saturated carbocycles. The molecule has 0 aliphatic rings. The highest BCUT2D eigenvalue weighted by atomic mass is 16.2. The van der Waals surface area contributed by atoms with Gasteiger partial charge in [0.05, 0.1) is 5.56 Å². The summed E-state index contributed by atoms with van der Waals surface area (Å²) in [5.74, 6) is -0.484. The molecule has 0 aliphatic carbocycles. The molecular weight excluding hydrogens is 342 g/mol. The summed E-state index contributed by atoms with van der Waals surface area (Å²) >= 11 is 0. The molecule has 138 valence electrons. The molecule has 3 aromatic rings. The third-order valence-corrected chi connectivity index (χ3v) is 4.41. The van der Waals surface area contributed by atoms with Crippen LogP contribution in [0.25, 0.3) is 10.9 Å². The van der Waals surface area contributed by atoms with E-state index >= 15 is 0 Å². The van der Waals surface area contributed by atoms with Gasteiger partial charge in [0.2, 0.25) is 5.56 Å². The maximum absolute atomic E-state index is 12.7. The van der Waals surface area contributed by atoms with Crippen molar-refractivity contribution < 1.29 is 9.59 Å². The maximum atomic E-state index is 12.7. The monoisotopic (exact) mass is 363 g/mol. The van der Waals surface area contributed by atoms with Crippen molar-refractivity contribution in [1.29, 1.82) is 0 Å². The molecule has 2 aromatic carbocycles. The van der Waals surface area contributed by atoms with Gasteiger partial charge in [-0.15, -0.1) is 0 Å². The van der Waals surface area contributed by atoms with Crippen molar-refractivity contribution in [2.75, 3.05) is 18.4 Å². The summed E-state index contributed by atoms with van der Waals surface area (Å²) in [6.45, 7) is 5.07. The summed E-state index contributed by atoms with van der Waals surface area (Å²) in [6, 6.07) is 15.2. The van der Waals surface area contributed by atoms with Crippen LogP contribution in [0.3, 0.4) is 0 Å². The summed E-state index contributed by atoms with van der Waals surface area (Å²) < 4.78 is 0. The first-order chi connectivity index (χ1) is 13.0. The van der Waals surface area contributed by atoms with Gasteiger partial charge in [-0.25, -0.2) is 0 Å². The van der Waals surface area contributed by atoms with Crippen LogP contribution in [0, 0.1) is 0 Å². The second kappa shape index (κ2) is 7.86. The normalized spacial score (nSPS) is 10.6. The van der Waals surface area contributed by atoms with Crippen LogP contribution in [-0.2, 0) is 0 Å². The van der Waals surface area contributed by atoms with Crippen LogP contribution in [0.15, 0.2) is 59.4 Å². The van der Waals surface area contributed by atoms with Gasteiger partial charge in [0, 0.05) is 41.3 Å². The van der Waals surface area contributed by atoms with E-state index in [0.717, 1.165) is 0 Å². The molecule has 0 atom stereocenters. The second-order valence-corrected chi connectivity index (χ2v) is 6.11. The van der Waals surface area contributed by atoms with Gasteiger partial charge in [0.1, 0.15) is 0 Å². The van der Waals surface area contributed by atoms with Crippen molar-refractivity contribution >= 4 is 28.4 Å². The minimum absolute atomic E-state index is 0.0855. The van der Waals surface area contributed by atoms with E-state index in [1.54, 1.807) is 53.4 Å². The number of pyridine rings is 1. The zero-order valence-electron chi connectivity index (χ0n) is 15.3. The molecular formula is C21H21N3O3. The molecule has 0 unspecified atom stereocenters. The lowest BCUT2D eigenvalue weighted by molar-refractivity contribution is 0.0772. The highest BCUT2D eigenvalue weighted by Crippen LogP contribution is 2.18. The van der Waals surface area contributed by atoms with Gasteiger partial charge in [-0.1, -0.05) is 24.3 Å². The Morgan fingerprint density at radius 1 is 1.00 bits per heavy atom. The predicted molar refractivity (Wildman–Crippen MR) is 106 cm³/mol. The van der Waals surface area contributed by atoms with Crippen LogP contribution in [0.5, 0.6) is 0 Å². The van der Waals surface area contributed by atoms with E-state index < -0.39 is 5.91 Å². The Balaban J connectivity index is 1.91. The Labute approximate surface area is 156 Å². The molecule has 2 N–H and O–H groups in total. The Hall–Kier alpha value is -3.41. The lowest BCUT2D eigenvalue weighted by atomic mass is 10.1. The van der Waals surface area contributed by atoms with Gasteiger partial charge in [0.25, 0.3) is 11.8 Å². The topological polar surface area (TPSA) is 82.3 Å². The summed E-state index contributed by atoms with van der Waals surface area (Å²) in [7, 11) is 0. The standard InChI is InChI=1S/C21H21N3O3/c1-3-24(4-2)21(27)14-8-7-9-15(12-14)22-20(26)17-13-19(25)23-18-11-6-5-10-16(17)18/h5-13H,3-4H2,1-2H3,(H,22,26)(H,23,25). The number of amides is 2. The molecule has 27 heavy (non-hydrogen) atoms. The summed E-state index contributed by atoms with van der Waals surface area (Å²) in [5.41, 5.74) is 1.55. The lowest BCUT2D eigenvalue weighted by Gasteiger charge is -2.19. The molecule has 0 aliphatic heterocycles. The van der Waals surface area contributed by atoms with E-state index in [2.05, 4.69) is 10.3 Å². The molecule has 2 amide bonds. The van der Waals surface area contributed by atoms with Crippen LogP contribution < -0.4 is 10.9 Å². The maximum Gasteiger partial charge on any atom is 0.256 e. The van der Waals surface area contributed by atoms with E-state index in [9.17, 15) is 14.4 Å². The molecule has 0 bridgehead atoms. The first kappa shape index (κ1) is 18.4. The average molecular weight is 363 g/mol. The number of rotatable bonds is 5. The first-order valence-electron chi connectivity index (χ1n) is 8.86. The van der Waals surface area contributed by atoms with Crippen molar-refractivity contribution in [2.24, 2.45) is 0 Å². The third-order valence-electron chi connectivity index (χ3n) is 4.41. The number of benzene rings is 2. The van der Waals surface area contributed by atoms with Gasteiger partial charge in [0.15, 0.2) is 0 Å². The third kappa shape index (κ3) is 3.89. The number of hydrogen-bond acceptors (Lipinski definition) is 3. The number of hydrogen-bond donors (Lipinski definition) is 2. The van der Waals surface area contributed by atoms with Crippen LogP contribution in [0.2, 0.25) is 0 Å². The number of H-pyrrole nitrogens is 1. The van der Waals surface area contributed by atoms with Crippen molar-refractivity contribution in [2.45, 2.75) is 13.8 Å². The van der Waals surface area contributed by atoms with Crippen molar-refractivity contribution in [3.05, 3.63) is 76.1 Å². The van der Waals surface area contributed by atoms with E-state index in [4.69, 9.17) is 0 Å². The molecule has 0 radical (unpaired) electrons. The fourth-order valence-corrected chi connectivity index (χ4v) is 3.01. The largest absolute Gasteiger partial charge is 0.339 e. The first-order valence-corrected chi connectivity index (χ1v) is 8.86. The SMILES string of the molecule is CCN(CC)C(=O)c1cccc(NC(=O)c2cc(=O)[nH]c3ccccc23)c1. The number of aromatic amines is 1. The van der Waals surface area contributed by atoms with E-state index in [0.29, 0.717) is 35.2 Å². The van der Waals surface area contributed by atoms with Gasteiger partial charge < -0.3 is 15.2 Å². The molecule has 0 fully saturated rings. The van der Waals surface area contributed by atoms with E-state index in [1.807, 2.05) is 13.8 Å². The Bertz CT molecular complexity index is 1050. The Kier molecular flexibility index (Phi) is 5.35. The quantitative estimate of drug-likeness (QED) is 0.730. The van der Waals surface area contributed by atoms with Crippen molar-refractivity contribution in [3.8, 4) is 0 Å². The molecule has 0 saturated heterocycles. The van der Waals surface area contributed by atoms with Gasteiger partial charge in [-0.05, 0) is 38.1 Å². The minimum atomic E-state index is -0.398. The van der Waals surface area contributed by atoms with Gasteiger partial charge >= 0.3 is 0 Å². The van der Waals surface area contributed by atoms with Crippen LogP contribution in [-0.4, -0.2) is 34.8 Å². The molecule has 1 aromatic heterocycles. The minimum Gasteiger partial charge on any atom is -0.339 e. The number of nitrogens with one attached hydrogen (secondary N) is 2. The number of aromatic nitrogens is 1. The number of carbonyl (C=O) groups excluding carboxylic acids is 2. The number of anilines is 1. The molecule has 0 spiro atoms. The Morgan fingerprint density at radius 2 is 1.74 bits per heavy atom. The lowest BCUT2D eigenvalue weighted by Crippen LogP contribution is -2.30. The second-order valence-electron chi connectivity index (χ2n) is 6.11. The number of fused-ring (bicyclic) bond motifs is 1. The van der Waals surface area contributed by atoms with Crippen molar-refractivity contribution in [3.63, 3.8) is 0 Å². The van der Waals surface area contributed by atoms with E-state index in [1.165, 1.54) is 6.07 Å². The van der Waals surface area contributed by atoms with Crippen LogP contribution >= 0.6 is 0 Å². The molecule has 6 nitrogen and oxygen atoms in total. The molecule has 6 heteroatoms. The molecule has 1 heterocycles. The fourth-order valence-electron chi connectivity index (χ4n) is 3.01. The number of nitrogens with zero attached hydrogens (tertiary/aromatic N) is 1. The zero-order valence-corrected chi connectivity index (χ0v) is 15.3. The zero-order chi connectivity index (χ0) is 19.4. The molecule has 3 rings (SSSR count). The smallest absolute Gasteiger partial charge is 0.256 e. The highest BCUT2D eigenvalue weighted by molar-refractivity contribution is 6.12. The Morgan fingerprint density at radius 3 is 2.48 bits per heavy atom. The van der Waals surface area contributed by atoms with Crippen LogP contribution in [0.1, 0.15) is 34.6 Å². The number of para-hydroxylation sites is 1. The summed E-state index contributed by atoms with van der Waals surface area (Å²) in [5, 5.41) is 3.44. The van der Waals surface area contributed by atoms with Gasteiger partial charge in [-0.3, -0.25) is 14.4 Å². The summed E-state index contributed by atoms with van der Waals surface area (Å²) in [4.78, 5) is 41.5. The van der Waals surface area contributed by atoms with Crippen molar-refractivity contribution in [1.82, 2.24) is 9.88 Å². The highest BCUT2D eigenvalue weighted by Gasteiger charge is 2.15. The van der Waals surface area contributed by atoms with E-state index in [-0.39, 0.29) is 17.0 Å². The van der Waals surface area contributed by atoms with Gasteiger partial charge in [-0.2, -0.15) is 0 Å². The average Bonchev–Trinajstić information content (AvgIpc) is 2.68. The fraction of sp³-hybridized carbons (Fsp3) is 0.190.